The van der Waals surface area contributed by atoms with Crippen molar-refractivity contribution in [3.8, 4) is 0 Å². The smallest absolute Gasteiger partial charge is 0.0787 e. The molecule has 0 radical (unpaired) electrons. The van der Waals surface area contributed by atoms with Gasteiger partial charge < -0.3 is 10.0 Å². The number of anilines is 1. The van der Waals surface area contributed by atoms with Crippen LogP contribution in [-0.2, 0) is 0 Å². The molecule has 2 nitrogen and oxygen atoms in total. The molecule has 0 fully saturated rings. The Bertz CT molecular complexity index is 307. The zero-order chi connectivity index (χ0) is 12.7. The Hall–Kier alpha value is -1.02. The molecule has 0 amide bonds. The molecule has 1 aromatic carbocycles. The summed E-state index contributed by atoms with van der Waals surface area (Å²) in [5.74, 6) is 0. The summed E-state index contributed by atoms with van der Waals surface area (Å²) >= 11 is 0. The van der Waals surface area contributed by atoms with Crippen molar-refractivity contribution >= 4 is 5.69 Å². The van der Waals surface area contributed by atoms with Crippen LogP contribution in [0, 0.1) is 0 Å². The number of aliphatic hydroxyl groups excluding tert-OH is 1. The first kappa shape index (κ1) is 14.0. The van der Waals surface area contributed by atoms with Gasteiger partial charge in [-0.15, -0.1) is 0 Å². The standard InChI is InChI=1S/C15H25NO/c1-4-6-7-12-16(3)14-10-8-13(9-11-14)15(17)5-2/h8-11,15,17H,4-7,12H2,1-3H3/t15-/m0/s1. The topological polar surface area (TPSA) is 23.5 Å². The van der Waals surface area contributed by atoms with Crippen LogP contribution >= 0.6 is 0 Å². The highest BCUT2D eigenvalue weighted by atomic mass is 16.3. The summed E-state index contributed by atoms with van der Waals surface area (Å²) in [6, 6.07) is 8.25. The highest BCUT2D eigenvalue weighted by Gasteiger charge is 2.05. The molecule has 17 heavy (non-hydrogen) atoms. The fourth-order valence-electron chi connectivity index (χ4n) is 1.91. The zero-order valence-corrected chi connectivity index (χ0v) is 11.3. The summed E-state index contributed by atoms with van der Waals surface area (Å²) in [7, 11) is 2.13. The van der Waals surface area contributed by atoms with Crippen LogP contribution in [-0.4, -0.2) is 18.7 Å². The molecule has 0 aromatic heterocycles. The Balaban J connectivity index is 2.54. The maximum Gasteiger partial charge on any atom is 0.0787 e. The van der Waals surface area contributed by atoms with Crippen molar-refractivity contribution in [2.24, 2.45) is 0 Å². The van der Waals surface area contributed by atoms with Crippen molar-refractivity contribution in [2.45, 2.75) is 45.6 Å². The van der Waals surface area contributed by atoms with E-state index in [1.165, 1.54) is 24.9 Å². The maximum absolute atomic E-state index is 9.72. The molecule has 0 aliphatic heterocycles. The van der Waals surface area contributed by atoms with Crippen molar-refractivity contribution in [1.82, 2.24) is 0 Å². The van der Waals surface area contributed by atoms with Crippen LogP contribution in [0.4, 0.5) is 5.69 Å². The maximum atomic E-state index is 9.72. The van der Waals surface area contributed by atoms with Crippen LogP contribution in [0.1, 0.15) is 51.2 Å². The minimum absolute atomic E-state index is 0.325. The molecule has 96 valence electrons. The number of aliphatic hydroxyl groups is 1. The van der Waals surface area contributed by atoms with Crippen molar-refractivity contribution in [1.29, 1.82) is 0 Å². The first-order valence-electron chi connectivity index (χ1n) is 6.68. The number of nitrogens with zero attached hydrogens (tertiary/aromatic N) is 1. The van der Waals surface area contributed by atoms with Crippen LogP contribution in [0.25, 0.3) is 0 Å². The highest BCUT2D eigenvalue weighted by Crippen LogP contribution is 2.20. The Kier molecular flexibility index (Phi) is 6.06. The lowest BCUT2D eigenvalue weighted by molar-refractivity contribution is 0.173. The van der Waals surface area contributed by atoms with Gasteiger partial charge in [0.25, 0.3) is 0 Å². The van der Waals surface area contributed by atoms with Crippen LogP contribution < -0.4 is 4.90 Å². The van der Waals surface area contributed by atoms with E-state index in [0.29, 0.717) is 0 Å². The van der Waals surface area contributed by atoms with E-state index in [0.717, 1.165) is 18.5 Å². The van der Waals surface area contributed by atoms with Crippen LogP contribution in [0.5, 0.6) is 0 Å². The van der Waals surface area contributed by atoms with Crippen molar-refractivity contribution in [3.05, 3.63) is 29.8 Å². The Morgan fingerprint density at radius 2 is 1.76 bits per heavy atom. The fraction of sp³-hybridized carbons (Fsp3) is 0.600. The molecule has 1 aromatic rings. The monoisotopic (exact) mass is 235 g/mol. The number of hydrogen-bond acceptors (Lipinski definition) is 2. The molecule has 1 rings (SSSR count). The van der Waals surface area contributed by atoms with Gasteiger partial charge in [0, 0.05) is 19.3 Å². The van der Waals surface area contributed by atoms with Crippen molar-refractivity contribution in [3.63, 3.8) is 0 Å². The van der Waals surface area contributed by atoms with Crippen LogP contribution in [0.2, 0.25) is 0 Å². The van der Waals surface area contributed by atoms with Crippen LogP contribution in [0.3, 0.4) is 0 Å². The van der Waals surface area contributed by atoms with E-state index in [1.54, 1.807) is 0 Å². The van der Waals surface area contributed by atoms with E-state index >= 15 is 0 Å². The van der Waals surface area contributed by atoms with Crippen LogP contribution in [0.15, 0.2) is 24.3 Å². The molecule has 0 bridgehead atoms. The average Bonchev–Trinajstić information content (AvgIpc) is 2.38. The molecular weight excluding hydrogens is 210 g/mol. The van der Waals surface area contributed by atoms with E-state index < -0.39 is 0 Å². The summed E-state index contributed by atoms with van der Waals surface area (Å²) in [6.45, 7) is 5.32. The van der Waals surface area contributed by atoms with Gasteiger partial charge in [-0.2, -0.15) is 0 Å². The first-order chi connectivity index (χ1) is 8.19. The molecule has 0 heterocycles. The Morgan fingerprint density at radius 1 is 1.12 bits per heavy atom. The fourth-order valence-corrected chi connectivity index (χ4v) is 1.91. The number of benzene rings is 1. The molecule has 0 saturated carbocycles. The molecule has 0 saturated heterocycles. The van der Waals surface area contributed by atoms with Gasteiger partial charge in [0.1, 0.15) is 0 Å². The first-order valence-corrected chi connectivity index (χ1v) is 6.68. The van der Waals surface area contributed by atoms with Gasteiger partial charge in [-0.3, -0.25) is 0 Å². The number of rotatable bonds is 7. The molecule has 1 N–H and O–H groups in total. The molecule has 1 atom stereocenters. The van der Waals surface area contributed by atoms with Crippen molar-refractivity contribution in [2.75, 3.05) is 18.5 Å². The van der Waals surface area contributed by atoms with Gasteiger partial charge in [-0.25, -0.2) is 0 Å². The molecule has 0 spiro atoms. The Morgan fingerprint density at radius 3 is 2.29 bits per heavy atom. The SMILES string of the molecule is CCCCCN(C)c1ccc([C@@H](O)CC)cc1. The quantitative estimate of drug-likeness (QED) is 0.727. The number of unbranched alkanes of at least 4 members (excludes halogenated alkanes) is 2. The molecular formula is C15H25NO. The molecule has 0 aliphatic carbocycles. The van der Waals surface area contributed by atoms with E-state index in [1.807, 2.05) is 19.1 Å². The van der Waals surface area contributed by atoms with Gasteiger partial charge >= 0.3 is 0 Å². The molecule has 2 heteroatoms. The summed E-state index contributed by atoms with van der Waals surface area (Å²) in [5.41, 5.74) is 2.24. The van der Waals surface area contributed by atoms with E-state index in [9.17, 15) is 5.11 Å². The second-order valence-corrected chi connectivity index (χ2v) is 4.64. The summed E-state index contributed by atoms with van der Waals surface area (Å²) in [5, 5.41) is 9.72. The van der Waals surface area contributed by atoms with Gasteiger partial charge in [-0.1, -0.05) is 38.8 Å². The zero-order valence-electron chi connectivity index (χ0n) is 11.3. The normalized spacial score (nSPS) is 12.5. The van der Waals surface area contributed by atoms with Gasteiger partial charge in [-0.05, 0) is 30.5 Å². The minimum atomic E-state index is -0.325. The average molecular weight is 235 g/mol. The van der Waals surface area contributed by atoms with Gasteiger partial charge in [0.2, 0.25) is 0 Å². The largest absolute Gasteiger partial charge is 0.388 e. The van der Waals surface area contributed by atoms with Gasteiger partial charge in [0.15, 0.2) is 0 Å². The molecule has 0 unspecified atom stereocenters. The molecule has 0 aliphatic rings. The minimum Gasteiger partial charge on any atom is -0.388 e. The predicted octanol–water partition coefficient (Wildman–Crippen LogP) is 3.76. The predicted molar refractivity (Wildman–Crippen MR) is 74.5 cm³/mol. The number of hydrogen-bond donors (Lipinski definition) is 1. The van der Waals surface area contributed by atoms with E-state index in [4.69, 9.17) is 0 Å². The third-order valence-corrected chi connectivity index (χ3v) is 3.20. The van der Waals surface area contributed by atoms with E-state index in [-0.39, 0.29) is 6.10 Å². The highest BCUT2D eigenvalue weighted by molar-refractivity contribution is 5.47. The lowest BCUT2D eigenvalue weighted by Gasteiger charge is -2.20. The summed E-state index contributed by atoms with van der Waals surface area (Å²) < 4.78 is 0. The lowest BCUT2D eigenvalue weighted by Crippen LogP contribution is -2.18. The lowest BCUT2D eigenvalue weighted by atomic mass is 10.1. The third-order valence-electron chi connectivity index (χ3n) is 3.20. The summed E-state index contributed by atoms with van der Waals surface area (Å²) in [4.78, 5) is 2.28. The van der Waals surface area contributed by atoms with Gasteiger partial charge in [0.05, 0.1) is 6.10 Å². The third kappa shape index (κ3) is 4.39. The second-order valence-electron chi connectivity index (χ2n) is 4.64. The second kappa shape index (κ2) is 7.33. The Labute approximate surface area is 105 Å². The summed E-state index contributed by atoms with van der Waals surface area (Å²) in [6.07, 6.45) is 4.24. The van der Waals surface area contributed by atoms with Crippen molar-refractivity contribution < 1.29 is 5.11 Å². The van der Waals surface area contributed by atoms with E-state index in [2.05, 4.69) is 31.0 Å².